The van der Waals surface area contributed by atoms with Crippen LogP contribution in [0.15, 0.2) is 30.9 Å². The summed E-state index contributed by atoms with van der Waals surface area (Å²) in [6.45, 7) is 11.7. The van der Waals surface area contributed by atoms with Crippen LogP contribution in [0.25, 0.3) is 0 Å². The van der Waals surface area contributed by atoms with Crippen LogP contribution in [0.3, 0.4) is 0 Å². The van der Waals surface area contributed by atoms with Crippen molar-refractivity contribution < 1.29 is 38.1 Å². The minimum absolute atomic E-state index is 0.00660. The molecule has 1 aliphatic carbocycles. The van der Waals surface area contributed by atoms with Gasteiger partial charge in [0.25, 0.3) is 0 Å². The minimum atomic E-state index is -3.81. The Labute approximate surface area is 277 Å². The Balaban J connectivity index is 1.43. The van der Waals surface area contributed by atoms with Gasteiger partial charge < -0.3 is 29.9 Å². The second-order valence-electron chi connectivity index (χ2n) is 14.4. The normalized spacial score (nSPS) is 30.0. The maximum Gasteiger partial charge on any atom is 0.410 e. The number of aryl methyl sites for hydroxylation is 1. The summed E-state index contributed by atoms with van der Waals surface area (Å²) in [6.07, 6.45) is 4.06. The van der Waals surface area contributed by atoms with Crippen molar-refractivity contribution in [3.63, 3.8) is 0 Å². The van der Waals surface area contributed by atoms with E-state index in [4.69, 9.17) is 9.47 Å². The maximum atomic E-state index is 14.3. The monoisotopic (exact) mass is 672 g/mol. The highest BCUT2D eigenvalue weighted by molar-refractivity contribution is 7.60. The fourth-order valence-corrected chi connectivity index (χ4v) is 9.08. The predicted molar refractivity (Wildman–Crippen MR) is 176 cm³/mol. The molecule has 1 aromatic carbocycles. The number of alkyl carbamates (subject to hydrolysis) is 1. The average molecular weight is 673 g/mol. The van der Waals surface area contributed by atoms with Gasteiger partial charge in [0.2, 0.25) is 19.2 Å². The molecule has 5 rings (SSSR count). The van der Waals surface area contributed by atoms with Gasteiger partial charge in [0.1, 0.15) is 23.5 Å². The first-order valence-electron chi connectivity index (χ1n) is 16.8. The highest BCUT2D eigenvalue weighted by Crippen LogP contribution is 2.69. The molecule has 3 heterocycles. The molecule has 0 radical (unpaired) electrons. The van der Waals surface area contributed by atoms with E-state index in [2.05, 4.69) is 23.3 Å². The molecule has 1 unspecified atom stereocenters. The molecule has 0 aromatic heterocycles. The van der Waals surface area contributed by atoms with Gasteiger partial charge in [0.15, 0.2) is 0 Å². The van der Waals surface area contributed by atoms with E-state index in [1.165, 1.54) is 10.5 Å². The summed E-state index contributed by atoms with van der Waals surface area (Å²) < 4.78 is 24.7. The Kier molecular flexibility index (Phi) is 10.1. The van der Waals surface area contributed by atoms with Crippen molar-refractivity contribution in [3.05, 3.63) is 47.5 Å². The quantitative estimate of drug-likeness (QED) is 0.301. The van der Waals surface area contributed by atoms with Gasteiger partial charge in [0, 0.05) is 31.6 Å². The Hall–Kier alpha value is -3.37. The van der Waals surface area contributed by atoms with E-state index in [9.17, 15) is 28.6 Å². The molecule has 13 heteroatoms. The third-order valence-corrected chi connectivity index (χ3v) is 12.8. The zero-order valence-corrected chi connectivity index (χ0v) is 28.9. The third kappa shape index (κ3) is 7.23. The van der Waals surface area contributed by atoms with Gasteiger partial charge >= 0.3 is 12.2 Å². The number of carbonyl (C=O) groups excluding carboxylic acids is 4. The molecule has 3 N–H and O–H groups in total. The van der Waals surface area contributed by atoms with Gasteiger partial charge in [-0.1, -0.05) is 64.8 Å². The van der Waals surface area contributed by atoms with E-state index in [0.717, 1.165) is 36.8 Å². The molecule has 1 saturated heterocycles. The van der Waals surface area contributed by atoms with Crippen molar-refractivity contribution in [2.24, 2.45) is 11.3 Å². The molecule has 4 amide bonds. The zero-order chi connectivity index (χ0) is 34.1. The molecular weight excluding hydrogens is 623 g/mol. The highest BCUT2D eigenvalue weighted by Gasteiger charge is 2.65. The topological polar surface area (TPSA) is 155 Å². The van der Waals surface area contributed by atoms with E-state index in [0.29, 0.717) is 19.5 Å². The van der Waals surface area contributed by atoms with Crippen molar-refractivity contribution in [2.75, 3.05) is 19.3 Å². The summed E-state index contributed by atoms with van der Waals surface area (Å²) in [5, 5.41) is 4.18. The molecule has 3 aliphatic heterocycles. The van der Waals surface area contributed by atoms with Crippen molar-refractivity contribution in [1.29, 1.82) is 0 Å². The smallest absolute Gasteiger partial charge is 0.410 e. The summed E-state index contributed by atoms with van der Waals surface area (Å²) in [6, 6.07) is 3.95. The second kappa shape index (κ2) is 13.6. The zero-order valence-electron chi connectivity index (χ0n) is 28.0. The van der Waals surface area contributed by atoms with Gasteiger partial charge in [-0.05, 0) is 47.8 Å². The van der Waals surface area contributed by atoms with Crippen molar-refractivity contribution in [1.82, 2.24) is 20.4 Å². The molecule has 258 valence electrons. The van der Waals surface area contributed by atoms with Gasteiger partial charge in [-0.15, -0.1) is 6.58 Å². The Morgan fingerprint density at radius 2 is 1.89 bits per heavy atom. The largest absolute Gasteiger partial charge is 0.450 e. The molecule has 2 fully saturated rings. The summed E-state index contributed by atoms with van der Waals surface area (Å²) >= 11 is 0. The number of rotatable bonds is 5. The molecule has 12 nitrogen and oxygen atoms in total. The molecule has 0 spiro atoms. The van der Waals surface area contributed by atoms with Crippen LogP contribution in [-0.4, -0.2) is 81.5 Å². The molecule has 1 aromatic rings. The van der Waals surface area contributed by atoms with E-state index < -0.39 is 66.2 Å². The van der Waals surface area contributed by atoms with Crippen LogP contribution in [0, 0.1) is 11.3 Å². The van der Waals surface area contributed by atoms with Gasteiger partial charge in [-0.25, -0.2) is 9.59 Å². The number of amides is 4. The number of cyclic esters (lactones) is 1. The first-order valence-corrected chi connectivity index (χ1v) is 18.6. The van der Waals surface area contributed by atoms with Crippen LogP contribution >= 0.6 is 7.37 Å². The molecule has 4 aliphatic rings. The van der Waals surface area contributed by atoms with Gasteiger partial charge in [0.05, 0.1) is 13.2 Å². The Bertz CT molecular complexity index is 1460. The summed E-state index contributed by atoms with van der Waals surface area (Å²) in [5.74, 6) is -1.54. The van der Waals surface area contributed by atoms with Crippen LogP contribution < -0.4 is 10.6 Å². The summed E-state index contributed by atoms with van der Waals surface area (Å²) in [7, 11) is -3.81. The van der Waals surface area contributed by atoms with Gasteiger partial charge in [-0.2, -0.15) is 0 Å². The number of nitrogens with zero attached hydrogens (tertiary/aromatic N) is 2. The third-order valence-electron chi connectivity index (χ3n) is 10.1. The fraction of sp³-hybridized carbons (Fsp3) is 0.647. The van der Waals surface area contributed by atoms with E-state index in [1.54, 1.807) is 38.7 Å². The van der Waals surface area contributed by atoms with Crippen molar-refractivity contribution in [3.8, 4) is 0 Å². The Morgan fingerprint density at radius 3 is 2.57 bits per heavy atom. The SMILES string of the molecule is C=C[C@H]1C[C@]1(NC(=O)[C@@H]1C[C@@H]2CN1C(=O)[C@H](C(C)(C)C)NC(=O)OCCCCCCc1cccc3c1CN(C3)C(=O)O2)P(=O)(O)CC. The lowest BCUT2D eigenvalue weighted by Crippen LogP contribution is -2.58. The van der Waals surface area contributed by atoms with Crippen molar-refractivity contribution >= 4 is 31.4 Å². The molecule has 6 atom stereocenters. The Morgan fingerprint density at radius 1 is 1.17 bits per heavy atom. The highest BCUT2D eigenvalue weighted by atomic mass is 31.2. The maximum absolute atomic E-state index is 14.3. The summed E-state index contributed by atoms with van der Waals surface area (Å²) in [5.41, 5.74) is 2.64. The average Bonchev–Trinajstić information content (AvgIpc) is 3.33. The number of ether oxygens (including phenoxy) is 2. The lowest BCUT2D eigenvalue weighted by atomic mass is 9.85. The van der Waals surface area contributed by atoms with Crippen LogP contribution in [0.1, 0.15) is 82.9 Å². The van der Waals surface area contributed by atoms with E-state index in [-0.39, 0.29) is 32.2 Å². The van der Waals surface area contributed by atoms with Crippen LogP contribution in [0.4, 0.5) is 9.59 Å². The second-order valence-corrected chi connectivity index (χ2v) is 17.2. The van der Waals surface area contributed by atoms with Crippen LogP contribution in [-0.2, 0) is 43.1 Å². The lowest BCUT2D eigenvalue weighted by Gasteiger charge is -2.35. The number of fused-ring (bicyclic) bond motifs is 3. The standard InChI is InChI=1S/C34H49N4O8P/c1-6-24-18-34(24,47(43,44)7-2)36-29(39)27-17-25-20-38(27)30(40)28(33(3,4)5)35-31(41)45-16-11-9-8-10-13-22-14-12-15-23-19-37(21-26(22)23)32(42)46-25/h6,12,14-15,24-25,27-28H,1,7-11,13,16-21H2,2-5H3,(H,35,41)(H,36,39)(H,43,44)/t24-,25+,27-,28+,34-/m0/s1. The number of nitrogens with one attached hydrogen (secondary N) is 2. The first kappa shape index (κ1) is 35.0. The number of carbonyl (C=O) groups is 4. The van der Waals surface area contributed by atoms with E-state index >= 15 is 0 Å². The molecule has 47 heavy (non-hydrogen) atoms. The molecular formula is C34H49N4O8P. The van der Waals surface area contributed by atoms with E-state index in [1.807, 2.05) is 12.1 Å². The van der Waals surface area contributed by atoms with Gasteiger partial charge in [-0.3, -0.25) is 19.1 Å². The predicted octanol–water partition coefficient (Wildman–Crippen LogP) is 4.67. The number of hydrogen-bond acceptors (Lipinski definition) is 7. The van der Waals surface area contributed by atoms with Crippen LogP contribution in [0.2, 0.25) is 0 Å². The first-order chi connectivity index (χ1) is 22.2. The lowest BCUT2D eigenvalue weighted by molar-refractivity contribution is -0.142. The van der Waals surface area contributed by atoms with Crippen molar-refractivity contribution in [2.45, 2.75) is 109 Å². The van der Waals surface area contributed by atoms with Crippen LogP contribution in [0.5, 0.6) is 0 Å². The summed E-state index contributed by atoms with van der Waals surface area (Å²) in [4.78, 5) is 68.5. The number of benzene rings is 1. The molecule has 1 saturated carbocycles. The fourth-order valence-electron chi connectivity index (χ4n) is 7.12. The minimum Gasteiger partial charge on any atom is -0.450 e. The number of hydrogen-bond donors (Lipinski definition) is 3. The molecule has 4 bridgehead atoms.